The van der Waals surface area contributed by atoms with Crippen LogP contribution in [-0.4, -0.2) is 34.2 Å². The first-order valence-corrected chi connectivity index (χ1v) is 7.36. The summed E-state index contributed by atoms with van der Waals surface area (Å²) in [6.07, 6.45) is 1.79. The molecule has 0 aliphatic carbocycles. The Labute approximate surface area is 125 Å². The minimum Gasteiger partial charge on any atom is -0.481 e. The van der Waals surface area contributed by atoms with Crippen LogP contribution in [-0.2, 0) is 4.79 Å². The van der Waals surface area contributed by atoms with Crippen molar-refractivity contribution in [2.45, 2.75) is 24.8 Å². The lowest BCUT2D eigenvalue weighted by Gasteiger charge is -2.17. The summed E-state index contributed by atoms with van der Waals surface area (Å²) < 4.78 is 0. The summed E-state index contributed by atoms with van der Waals surface area (Å²) >= 11 is 1.35. The zero-order valence-electron chi connectivity index (χ0n) is 11.8. The van der Waals surface area contributed by atoms with Crippen LogP contribution in [0.25, 0.3) is 0 Å². The van der Waals surface area contributed by atoms with Gasteiger partial charge in [0, 0.05) is 17.0 Å². The number of aliphatic carboxylic acids is 1. The second-order valence-electron chi connectivity index (χ2n) is 4.53. The van der Waals surface area contributed by atoms with E-state index in [0.717, 1.165) is 0 Å². The van der Waals surface area contributed by atoms with E-state index in [1.165, 1.54) is 30.8 Å². The topological polar surface area (TPSA) is 110 Å². The quantitative estimate of drug-likeness (QED) is 0.473. The van der Waals surface area contributed by atoms with Crippen molar-refractivity contribution in [3.8, 4) is 0 Å². The van der Waals surface area contributed by atoms with Crippen molar-refractivity contribution in [3.63, 3.8) is 0 Å². The van der Waals surface area contributed by atoms with E-state index in [1.54, 1.807) is 19.2 Å². The van der Waals surface area contributed by atoms with Gasteiger partial charge in [0.25, 0.3) is 11.6 Å². The van der Waals surface area contributed by atoms with Crippen LogP contribution in [0.4, 0.5) is 5.69 Å². The van der Waals surface area contributed by atoms with E-state index in [9.17, 15) is 19.7 Å². The molecule has 0 aromatic heterocycles. The van der Waals surface area contributed by atoms with E-state index in [2.05, 4.69) is 5.32 Å². The molecule has 2 N–H and O–H groups in total. The molecule has 0 fully saturated rings. The molecule has 114 valence electrons. The van der Waals surface area contributed by atoms with Gasteiger partial charge in [0.15, 0.2) is 0 Å². The maximum absolute atomic E-state index is 12.2. The van der Waals surface area contributed by atoms with Gasteiger partial charge >= 0.3 is 5.97 Å². The molecule has 0 saturated heterocycles. The number of nitrogens with zero attached hydrogens (tertiary/aromatic N) is 1. The number of thioether (sulfide) groups is 1. The van der Waals surface area contributed by atoms with Gasteiger partial charge in [-0.15, -0.1) is 11.8 Å². The molecular weight excluding hydrogens is 296 g/mol. The Balaban J connectivity index is 3.05. The average molecular weight is 312 g/mol. The first kappa shape index (κ1) is 17.0. The van der Waals surface area contributed by atoms with E-state index in [1.807, 2.05) is 0 Å². The molecule has 1 aromatic carbocycles. The molecule has 1 rings (SSSR count). The molecule has 0 spiro atoms. The minimum atomic E-state index is -1.05. The third-order valence-corrected chi connectivity index (χ3v) is 3.87. The Morgan fingerprint density at radius 3 is 2.48 bits per heavy atom. The molecule has 0 bridgehead atoms. The summed E-state index contributed by atoms with van der Waals surface area (Å²) in [5.41, 5.74) is -0.378. The highest BCUT2D eigenvalue weighted by molar-refractivity contribution is 7.98. The molecule has 1 aromatic rings. The zero-order valence-corrected chi connectivity index (χ0v) is 12.6. The van der Waals surface area contributed by atoms with Crippen molar-refractivity contribution in [1.29, 1.82) is 0 Å². The molecular formula is C13H16N2O5S. The highest BCUT2D eigenvalue weighted by atomic mass is 32.2. The molecule has 0 saturated carbocycles. The Hall–Kier alpha value is -2.09. The van der Waals surface area contributed by atoms with Gasteiger partial charge in [0.2, 0.25) is 0 Å². The first-order chi connectivity index (χ1) is 9.77. The van der Waals surface area contributed by atoms with Crippen LogP contribution in [0.5, 0.6) is 0 Å². The third kappa shape index (κ3) is 4.19. The smallest absolute Gasteiger partial charge is 0.308 e. The second-order valence-corrected chi connectivity index (χ2v) is 5.41. The van der Waals surface area contributed by atoms with Crippen molar-refractivity contribution >= 4 is 29.3 Å². The highest BCUT2D eigenvalue weighted by Gasteiger charge is 2.25. The molecule has 1 amide bonds. The van der Waals surface area contributed by atoms with Crippen LogP contribution < -0.4 is 5.32 Å². The second kappa shape index (κ2) is 7.07. The van der Waals surface area contributed by atoms with Crippen LogP contribution in [0.2, 0.25) is 0 Å². The fourth-order valence-corrected chi connectivity index (χ4v) is 2.05. The van der Waals surface area contributed by atoms with Crippen LogP contribution in [0.1, 0.15) is 24.2 Å². The highest BCUT2D eigenvalue weighted by Crippen LogP contribution is 2.25. The summed E-state index contributed by atoms with van der Waals surface area (Å²) in [5, 5.41) is 22.4. The maximum atomic E-state index is 12.2. The van der Waals surface area contributed by atoms with Crippen molar-refractivity contribution in [1.82, 2.24) is 5.32 Å². The number of rotatable bonds is 6. The lowest BCUT2D eigenvalue weighted by molar-refractivity contribution is -0.385. The number of benzene rings is 1. The number of hydrogen-bond donors (Lipinski definition) is 2. The number of amides is 1. The van der Waals surface area contributed by atoms with Gasteiger partial charge in [-0.05, 0) is 32.2 Å². The summed E-state index contributed by atoms with van der Waals surface area (Å²) in [7, 11) is 0. The average Bonchev–Trinajstić information content (AvgIpc) is 2.45. The SMILES string of the molecule is CSc1ccc([N+](=O)[O-])c(C(=O)NC(C)C(C)C(=O)O)c1. The zero-order chi connectivity index (χ0) is 16.2. The summed E-state index contributed by atoms with van der Waals surface area (Å²) in [6.45, 7) is 3.00. The van der Waals surface area contributed by atoms with Gasteiger partial charge in [-0.3, -0.25) is 19.7 Å². The van der Waals surface area contributed by atoms with Crippen molar-refractivity contribution < 1.29 is 19.6 Å². The Bertz CT molecular complexity index is 576. The summed E-state index contributed by atoms with van der Waals surface area (Å²) in [5.74, 6) is -2.50. The lowest BCUT2D eigenvalue weighted by atomic mass is 10.0. The fraction of sp³-hybridized carbons (Fsp3) is 0.385. The van der Waals surface area contributed by atoms with E-state index >= 15 is 0 Å². The Kier molecular flexibility index (Phi) is 5.71. The Morgan fingerprint density at radius 2 is 2.00 bits per heavy atom. The van der Waals surface area contributed by atoms with Gasteiger partial charge in [0.1, 0.15) is 5.56 Å². The molecule has 0 radical (unpaired) electrons. The van der Waals surface area contributed by atoms with Crippen LogP contribution in [0.15, 0.2) is 23.1 Å². The largest absolute Gasteiger partial charge is 0.481 e. The minimum absolute atomic E-state index is 0.0729. The third-order valence-electron chi connectivity index (χ3n) is 3.14. The molecule has 2 atom stereocenters. The van der Waals surface area contributed by atoms with Crippen LogP contribution in [0.3, 0.4) is 0 Å². The number of nitrogens with one attached hydrogen (secondary N) is 1. The summed E-state index contributed by atoms with van der Waals surface area (Å²) in [4.78, 5) is 34.1. The number of carbonyl (C=O) groups is 2. The van der Waals surface area contributed by atoms with Crippen molar-refractivity contribution in [3.05, 3.63) is 33.9 Å². The molecule has 2 unspecified atom stereocenters. The van der Waals surface area contributed by atoms with Gasteiger partial charge < -0.3 is 10.4 Å². The van der Waals surface area contributed by atoms with Gasteiger partial charge in [-0.25, -0.2) is 0 Å². The number of carboxylic acids is 1. The van der Waals surface area contributed by atoms with E-state index < -0.39 is 28.8 Å². The number of nitro benzene ring substituents is 1. The number of carbonyl (C=O) groups excluding carboxylic acids is 1. The van der Waals surface area contributed by atoms with Gasteiger partial charge in [0.05, 0.1) is 10.8 Å². The van der Waals surface area contributed by atoms with E-state index in [-0.39, 0.29) is 11.3 Å². The molecule has 0 aliphatic rings. The number of hydrogen-bond acceptors (Lipinski definition) is 5. The monoisotopic (exact) mass is 312 g/mol. The fourth-order valence-electron chi connectivity index (χ4n) is 1.61. The van der Waals surface area contributed by atoms with Crippen LogP contribution >= 0.6 is 11.8 Å². The first-order valence-electron chi connectivity index (χ1n) is 6.14. The van der Waals surface area contributed by atoms with E-state index in [0.29, 0.717) is 4.90 Å². The number of nitro groups is 1. The number of carboxylic acid groups (broad SMARTS) is 1. The van der Waals surface area contributed by atoms with Gasteiger partial charge in [-0.1, -0.05) is 0 Å². The van der Waals surface area contributed by atoms with Crippen LogP contribution in [0, 0.1) is 16.0 Å². The predicted octanol–water partition coefficient (Wildman–Crippen LogP) is 2.16. The van der Waals surface area contributed by atoms with Crippen molar-refractivity contribution in [2.24, 2.45) is 5.92 Å². The molecule has 8 heteroatoms. The maximum Gasteiger partial charge on any atom is 0.308 e. The Morgan fingerprint density at radius 1 is 1.38 bits per heavy atom. The lowest BCUT2D eigenvalue weighted by Crippen LogP contribution is -2.40. The summed E-state index contributed by atoms with van der Waals surface area (Å²) in [6, 6.07) is 3.61. The molecule has 7 nitrogen and oxygen atoms in total. The predicted molar refractivity (Wildman–Crippen MR) is 78.6 cm³/mol. The molecule has 0 aliphatic heterocycles. The normalized spacial score (nSPS) is 13.3. The van der Waals surface area contributed by atoms with Gasteiger partial charge in [-0.2, -0.15) is 0 Å². The van der Waals surface area contributed by atoms with E-state index in [4.69, 9.17) is 5.11 Å². The molecule has 0 heterocycles. The van der Waals surface area contributed by atoms with Crippen molar-refractivity contribution in [2.75, 3.05) is 6.26 Å². The standard InChI is InChI=1S/C13H16N2O5S/c1-7(13(17)18)8(2)14-12(16)10-6-9(21-3)4-5-11(10)15(19)20/h4-8H,1-3H3,(H,14,16)(H,17,18). The molecule has 21 heavy (non-hydrogen) atoms.